The number of hydrogen-bond donors (Lipinski definition) is 2. The number of ketones is 1. The number of carbonyl (C=O) groups excluding carboxylic acids is 1. The Morgan fingerprint density at radius 3 is 2.11 bits per heavy atom. The summed E-state index contributed by atoms with van der Waals surface area (Å²) in [5.74, 6) is 0.806. The summed E-state index contributed by atoms with van der Waals surface area (Å²) in [5.41, 5.74) is 3.05. The van der Waals surface area contributed by atoms with Crippen LogP contribution in [-0.4, -0.2) is 20.9 Å². The second-order valence-corrected chi connectivity index (χ2v) is 8.72. The number of Topliss-reactive ketones (excluding diaryl/α,β-unsaturated/α-hetero) is 1. The molecule has 1 atom stereocenters. The van der Waals surface area contributed by atoms with Gasteiger partial charge in [0.25, 0.3) is 0 Å². The lowest BCUT2D eigenvalue weighted by Crippen LogP contribution is -2.14. The second-order valence-electron chi connectivity index (χ2n) is 8.72. The van der Waals surface area contributed by atoms with Crippen molar-refractivity contribution in [3.8, 4) is 5.75 Å². The van der Waals surface area contributed by atoms with E-state index in [4.69, 9.17) is 0 Å². The molecule has 206 valence electrons. The molecule has 2 aromatic rings. The van der Waals surface area contributed by atoms with Crippen molar-refractivity contribution >= 4 is 11.5 Å². The van der Waals surface area contributed by atoms with Crippen LogP contribution in [0.4, 0.5) is 4.39 Å². The minimum atomic E-state index is -0.265. The van der Waals surface area contributed by atoms with Gasteiger partial charge in [-0.3, -0.25) is 4.79 Å². The molecule has 37 heavy (non-hydrogen) atoms. The molecule has 0 aliphatic carbocycles. The fourth-order valence-electron chi connectivity index (χ4n) is 2.74. The summed E-state index contributed by atoms with van der Waals surface area (Å²) in [6.07, 6.45) is 8.53. The van der Waals surface area contributed by atoms with Crippen LogP contribution in [0.2, 0.25) is 0 Å². The van der Waals surface area contributed by atoms with E-state index in [0.717, 1.165) is 24.2 Å². The maximum Gasteiger partial charge on any atom is 0.164 e. The van der Waals surface area contributed by atoms with Crippen molar-refractivity contribution in [1.29, 1.82) is 0 Å². The fourth-order valence-corrected chi connectivity index (χ4v) is 2.74. The van der Waals surface area contributed by atoms with Gasteiger partial charge in [-0.05, 0) is 64.3 Å². The summed E-state index contributed by atoms with van der Waals surface area (Å²) in [6.45, 7) is 21.1. The maximum atomic E-state index is 13.0. The Hall–Kier alpha value is -3.28. The Balaban J connectivity index is 0. The molecule has 0 fully saturated rings. The number of benzene rings is 1. The largest absolute Gasteiger partial charge is 0.504 e. The van der Waals surface area contributed by atoms with Gasteiger partial charge in [-0.25, -0.2) is 14.4 Å². The standard InChI is InChI=1S/C21H28FN3O.C5H8O.C4H8.CH4/c1-5-6-7-8-14(2)21-24-16(4)20(26)19(25-21)15(3)23-13-17-9-11-18(22)12-10-17;1-4(2)5(3)6;1-3-4-2;/h9-12,14,23,26H,3,5-8,13H2,1-2,4H3;1H2,2-3H3;3-4H,1-2H3;1H4/b;;4-3-;. The van der Waals surface area contributed by atoms with Crippen molar-refractivity contribution in [1.82, 2.24) is 15.3 Å². The number of carbonyl (C=O) groups is 1. The normalized spacial score (nSPS) is 10.7. The summed E-state index contributed by atoms with van der Waals surface area (Å²) < 4.78 is 13.0. The van der Waals surface area contributed by atoms with Gasteiger partial charge in [-0.1, -0.05) is 78.0 Å². The molecule has 5 nitrogen and oxygen atoms in total. The van der Waals surface area contributed by atoms with Gasteiger partial charge in [0.05, 0.1) is 11.4 Å². The Labute approximate surface area is 224 Å². The van der Waals surface area contributed by atoms with Crippen LogP contribution in [0.15, 0.2) is 55.1 Å². The van der Waals surface area contributed by atoms with Gasteiger partial charge in [0.15, 0.2) is 11.5 Å². The van der Waals surface area contributed by atoms with Crippen molar-refractivity contribution < 1.29 is 14.3 Å². The van der Waals surface area contributed by atoms with E-state index in [2.05, 4.69) is 42.3 Å². The Bertz CT molecular complexity index is 982. The van der Waals surface area contributed by atoms with Gasteiger partial charge < -0.3 is 10.4 Å². The zero-order valence-corrected chi connectivity index (χ0v) is 23.1. The molecule has 0 spiro atoms. The number of nitrogens with zero attached hydrogens (tertiary/aromatic N) is 2. The molecular weight excluding hydrogens is 465 g/mol. The molecule has 6 heteroatoms. The summed E-state index contributed by atoms with van der Waals surface area (Å²) in [5, 5.41) is 13.5. The van der Waals surface area contributed by atoms with Crippen LogP contribution in [0.1, 0.15) is 103 Å². The SMILES string of the molecule is C.C/C=C\C.C=C(C)C(C)=O.C=C(NCc1ccc(F)cc1)c1nc(C(C)CCCCC)nc(C)c1O. The van der Waals surface area contributed by atoms with E-state index >= 15 is 0 Å². The Morgan fingerprint density at radius 2 is 1.65 bits per heavy atom. The first-order valence-corrected chi connectivity index (χ1v) is 12.5. The predicted molar refractivity (Wildman–Crippen MR) is 156 cm³/mol. The Kier molecular flexibility index (Phi) is 19.3. The number of halogens is 1. The van der Waals surface area contributed by atoms with E-state index in [1.807, 2.05) is 26.0 Å². The highest BCUT2D eigenvalue weighted by molar-refractivity contribution is 5.91. The minimum Gasteiger partial charge on any atom is -0.504 e. The van der Waals surface area contributed by atoms with Crippen LogP contribution >= 0.6 is 0 Å². The van der Waals surface area contributed by atoms with E-state index in [1.54, 1.807) is 26.0 Å². The van der Waals surface area contributed by atoms with Gasteiger partial charge in [0.1, 0.15) is 17.3 Å². The third-order valence-corrected chi connectivity index (χ3v) is 5.40. The summed E-state index contributed by atoms with van der Waals surface area (Å²) >= 11 is 0. The van der Waals surface area contributed by atoms with Crippen LogP contribution in [0, 0.1) is 12.7 Å². The highest BCUT2D eigenvalue weighted by Crippen LogP contribution is 2.27. The first-order chi connectivity index (χ1) is 17.0. The molecule has 1 aromatic heterocycles. The zero-order chi connectivity index (χ0) is 27.7. The number of aromatic hydroxyl groups is 1. The monoisotopic (exact) mass is 513 g/mol. The fraction of sp³-hybridized carbons (Fsp3) is 0.452. The molecule has 1 unspecified atom stereocenters. The van der Waals surface area contributed by atoms with Gasteiger partial charge in [0.2, 0.25) is 0 Å². The molecule has 2 rings (SSSR count). The van der Waals surface area contributed by atoms with Gasteiger partial charge in [-0.2, -0.15) is 0 Å². The van der Waals surface area contributed by atoms with Crippen LogP contribution < -0.4 is 5.32 Å². The molecule has 0 aliphatic heterocycles. The van der Waals surface area contributed by atoms with E-state index in [9.17, 15) is 14.3 Å². The predicted octanol–water partition coefficient (Wildman–Crippen LogP) is 8.44. The maximum absolute atomic E-state index is 13.0. The van der Waals surface area contributed by atoms with Crippen molar-refractivity contribution in [3.05, 3.63) is 83.7 Å². The number of unbranched alkanes of at least 4 members (excludes halogenated alkanes) is 2. The highest BCUT2D eigenvalue weighted by atomic mass is 19.1. The van der Waals surface area contributed by atoms with Gasteiger partial charge in [0, 0.05) is 12.5 Å². The molecule has 0 amide bonds. The molecule has 0 radical (unpaired) electrons. The van der Waals surface area contributed by atoms with Crippen molar-refractivity contribution in [2.24, 2.45) is 0 Å². The molecule has 1 aromatic carbocycles. The summed E-state index contributed by atoms with van der Waals surface area (Å²) in [4.78, 5) is 19.0. The summed E-state index contributed by atoms with van der Waals surface area (Å²) in [7, 11) is 0. The lowest BCUT2D eigenvalue weighted by molar-refractivity contribution is -0.113. The third-order valence-electron chi connectivity index (χ3n) is 5.40. The number of rotatable bonds is 10. The van der Waals surface area contributed by atoms with Crippen LogP contribution in [0.5, 0.6) is 5.75 Å². The zero-order valence-electron chi connectivity index (χ0n) is 23.1. The molecule has 0 bridgehead atoms. The average Bonchev–Trinajstić information content (AvgIpc) is 2.85. The van der Waals surface area contributed by atoms with Crippen molar-refractivity contribution in [3.63, 3.8) is 0 Å². The molecule has 0 saturated heterocycles. The number of aryl methyl sites for hydroxylation is 1. The highest BCUT2D eigenvalue weighted by Gasteiger charge is 2.17. The first kappa shape index (κ1) is 35.9. The lowest BCUT2D eigenvalue weighted by atomic mass is 10.0. The van der Waals surface area contributed by atoms with Gasteiger partial charge in [-0.15, -0.1) is 0 Å². The van der Waals surface area contributed by atoms with Crippen LogP contribution in [0.25, 0.3) is 5.70 Å². The number of hydrogen-bond acceptors (Lipinski definition) is 5. The quantitative estimate of drug-likeness (QED) is 0.189. The number of aromatic nitrogens is 2. The number of allylic oxidation sites excluding steroid dienone is 3. The van der Waals surface area contributed by atoms with Crippen LogP contribution in [-0.2, 0) is 11.3 Å². The molecule has 1 heterocycles. The molecule has 0 saturated carbocycles. The van der Waals surface area contributed by atoms with E-state index in [0.29, 0.717) is 29.2 Å². The molecule has 0 aliphatic rings. The Morgan fingerprint density at radius 1 is 1.11 bits per heavy atom. The second kappa shape index (κ2) is 19.9. The van der Waals surface area contributed by atoms with Crippen LogP contribution in [0.3, 0.4) is 0 Å². The molecular formula is C31H48FN3O2. The van der Waals surface area contributed by atoms with Gasteiger partial charge >= 0.3 is 0 Å². The van der Waals surface area contributed by atoms with Crippen molar-refractivity contribution in [2.75, 3.05) is 0 Å². The third kappa shape index (κ3) is 14.8. The molecule has 2 N–H and O–H groups in total. The van der Waals surface area contributed by atoms with E-state index in [1.165, 1.54) is 31.9 Å². The van der Waals surface area contributed by atoms with E-state index in [-0.39, 0.29) is 30.7 Å². The number of nitrogens with one attached hydrogen (secondary N) is 1. The average molecular weight is 514 g/mol. The smallest absolute Gasteiger partial charge is 0.164 e. The lowest BCUT2D eigenvalue weighted by Gasteiger charge is -2.16. The van der Waals surface area contributed by atoms with Crippen molar-refractivity contribution in [2.45, 2.75) is 94.0 Å². The van der Waals surface area contributed by atoms with E-state index < -0.39 is 0 Å². The summed E-state index contributed by atoms with van der Waals surface area (Å²) in [6, 6.07) is 6.26. The minimum absolute atomic E-state index is 0. The topological polar surface area (TPSA) is 75.1 Å². The first-order valence-electron chi connectivity index (χ1n) is 12.5.